The van der Waals surface area contributed by atoms with Crippen molar-refractivity contribution in [1.82, 2.24) is 5.32 Å². The first-order valence-corrected chi connectivity index (χ1v) is 13.1. The number of halogens is 1. The van der Waals surface area contributed by atoms with Crippen molar-refractivity contribution in [2.45, 2.75) is 37.8 Å². The van der Waals surface area contributed by atoms with Crippen LogP contribution in [0.5, 0.6) is 5.75 Å². The summed E-state index contributed by atoms with van der Waals surface area (Å²) in [4.78, 5) is 25.9. The van der Waals surface area contributed by atoms with E-state index in [-0.39, 0.29) is 17.7 Å². The summed E-state index contributed by atoms with van der Waals surface area (Å²) in [6.45, 7) is 0. The number of hydrogen-bond donors (Lipinski definition) is 1. The van der Waals surface area contributed by atoms with E-state index >= 15 is 0 Å². The van der Waals surface area contributed by atoms with E-state index in [1.54, 1.807) is 24.3 Å². The summed E-state index contributed by atoms with van der Waals surface area (Å²) in [7, 11) is -1.90. The molecule has 2 atom stereocenters. The van der Waals surface area contributed by atoms with Gasteiger partial charge in [0.05, 0.1) is 18.4 Å². The van der Waals surface area contributed by atoms with Crippen molar-refractivity contribution >= 4 is 37.6 Å². The predicted molar refractivity (Wildman–Crippen MR) is 124 cm³/mol. The van der Waals surface area contributed by atoms with Crippen LogP contribution in [0.15, 0.2) is 46.9 Å². The molecular weight excluding hydrogens is 498 g/mol. The number of ether oxygens (including phenoxy) is 2. The number of aryl methyl sites for hydroxylation is 1. The zero-order valence-corrected chi connectivity index (χ0v) is 20.4. The molecule has 2 aromatic carbocycles. The largest absolute Gasteiger partial charge is 0.496 e. The van der Waals surface area contributed by atoms with E-state index in [9.17, 15) is 18.0 Å². The van der Waals surface area contributed by atoms with Gasteiger partial charge in [0, 0.05) is 10.7 Å². The van der Waals surface area contributed by atoms with Crippen LogP contribution in [0.3, 0.4) is 0 Å². The highest BCUT2D eigenvalue weighted by atomic mass is 79.9. The van der Waals surface area contributed by atoms with Crippen LogP contribution in [-0.4, -0.2) is 45.5 Å². The molecule has 0 saturated heterocycles. The molecule has 3 rings (SSSR count). The first kappa shape index (κ1) is 24.3. The first-order valence-electron chi connectivity index (χ1n) is 10.3. The molecule has 0 aromatic heterocycles. The van der Waals surface area contributed by atoms with Crippen LogP contribution in [0.1, 0.15) is 46.9 Å². The molecular formula is C23H26BrNO6S. The lowest BCUT2D eigenvalue weighted by atomic mass is 9.89. The third-order valence-corrected chi connectivity index (χ3v) is 6.81. The number of nitrogens with one attached hydrogen (secondary N) is 1. The number of methoxy groups -OCH3 is 1. The van der Waals surface area contributed by atoms with Gasteiger partial charge in [-0.2, -0.15) is 0 Å². The van der Waals surface area contributed by atoms with Gasteiger partial charge in [0.15, 0.2) is 0 Å². The molecule has 2 unspecified atom stereocenters. The molecule has 0 spiro atoms. The van der Waals surface area contributed by atoms with Gasteiger partial charge in [-0.15, -0.1) is 0 Å². The van der Waals surface area contributed by atoms with Gasteiger partial charge >= 0.3 is 5.97 Å². The van der Waals surface area contributed by atoms with Gasteiger partial charge in [0.1, 0.15) is 27.7 Å². The number of fused-ring (bicyclic) bond motifs is 1. The molecule has 2 aromatic rings. The normalized spacial score (nSPS) is 16.5. The highest BCUT2D eigenvalue weighted by Crippen LogP contribution is 2.34. The van der Waals surface area contributed by atoms with E-state index in [4.69, 9.17) is 9.47 Å². The van der Waals surface area contributed by atoms with Gasteiger partial charge in [0.25, 0.3) is 5.91 Å². The van der Waals surface area contributed by atoms with Crippen molar-refractivity contribution in [1.29, 1.82) is 0 Å². The van der Waals surface area contributed by atoms with Crippen molar-refractivity contribution in [2.75, 3.05) is 19.1 Å². The van der Waals surface area contributed by atoms with Gasteiger partial charge in [0.2, 0.25) is 0 Å². The van der Waals surface area contributed by atoms with Gasteiger partial charge < -0.3 is 14.8 Å². The molecule has 9 heteroatoms. The Morgan fingerprint density at radius 3 is 2.69 bits per heavy atom. The third kappa shape index (κ3) is 6.32. The van der Waals surface area contributed by atoms with Crippen molar-refractivity contribution < 1.29 is 27.5 Å². The average Bonchev–Trinajstić information content (AvgIpc) is 2.76. The van der Waals surface area contributed by atoms with Gasteiger partial charge in [-0.05, 0) is 61.1 Å². The second kappa shape index (κ2) is 10.5. The number of rotatable bonds is 8. The lowest BCUT2D eigenvalue weighted by Gasteiger charge is -2.28. The number of benzene rings is 2. The van der Waals surface area contributed by atoms with Crippen LogP contribution in [0.25, 0.3) is 0 Å². The zero-order valence-electron chi connectivity index (χ0n) is 18.0. The molecule has 0 aliphatic heterocycles. The zero-order chi connectivity index (χ0) is 23.3. The number of esters is 1. The molecule has 0 fully saturated rings. The maximum absolute atomic E-state index is 13.1. The summed E-state index contributed by atoms with van der Waals surface area (Å²) in [5.41, 5.74) is 2.29. The summed E-state index contributed by atoms with van der Waals surface area (Å²) in [6.07, 6.45) is 2.98. The average molecular weight is 524 g/mol. The summed E-state index contributed by atoms with van der Waals surface area (Å²) >= 11 is 3.46. The first-order chi connectivity index (χ1) is 15.2. The van der Waals surface area contributed by atoms with E-state index in [0.717, 1.165) is 34.7 Å². The summed E-state index contributed by atoms with van der Waals surface area (Å²) in [5.74, 6) is -1.10. The maximum Gasteiger partial charge on any atom is 0.329 e. The fourth-order valence-corrected chi connectivity index (χ4v) is 4.76. The molecule has 1 aliphatic rings. The summed E-state index contributed by atoms with van der Waals surface area (Å²) in [5, 5.41) is 2.64. The number of carbonyl (C=O) groups excluding carboxylic acids is 2. The highest BCUT2D eigenvalue weighted by molar-refractivity contribution is 9.10. The monoisotopic (exact) mass is 523 g/mol. The SMILES string of the molecule is COc1ccccc1C(=O)NC(CCS(C)(=O)=O)C(=O)OC1CCCc2ccc(Br)cc21. The summed E-state index contributed by atoms with van der Waals surface area (Å²) in [6, 6.07) is 11.4. The number of para-hydroxylation sites is 1. The molecule has 0 bridgehead atoms. The Balaban J connectivity index is 1.80. The molecule has 0 radical (unpaired) electrons. The predicted octanol–water partition coefficient (Wildman–Crippen LogP) is 3.61. The number of carbonyl (C=O) groups is 2. The Bertz CT molecular complexity index is 1100. The smallest absolute Gasteiger partial charge is 0.329 e. The molecule has 1 N–H and O–H groups in total. The van der Waals surface area contributed by atoms with E-state index < -0.39 is 33.9 Å². The molecule has 0 heterocycles. The van der Waals surface area contributed by atoms with E-state index in [2.05, 4.69) is 21.2 Å². The number of sulfone groups is 1. The Morgan fingerprint density at radius 2 is 1.97 bits per heavy atom. The van der Waals surface area contributed by atoms with Gasteiger partial charge in [-0.1, -0.05) is 34.1 Å². The van der Waals surface area contributed by atoms with Crippen LogP contribution in [-0.2, 0) is 25.8 Å². The number of hydrogen-bond acceptors (Lipinski definition) is 6. The molecule has 1 amide bonds. The van der Waals surface area contributed by atoms with Crippen LogP contribution < -0.4 is 10.1 Å². The fourth-order valence-electron chi connectivity index (χ4n) is 3.72. The quantitative estimate of drug-likeness (QED) is 0.530. The minimum Gasteiger partial charge on any atom is -0.496 e. The Labute approximate surface area is 196 Å². The second-order valence-corrected chi connectivity index (χ2v) is 11.0. The van der Waals surface area contributed by atoms with Crippen molar-refractivity contribution in [2.24, 2.45) is 0 Å². The molecule has 0 saturated carbocycles. The van der Waals surface area contributed by atoms with Crippen LogP contribution >= 0.6 is 15.9 Å². The van der Waals surface area contributed by atoms with Gasteiger partial charge in [-0.25, -0.2) is 13.2 Å². The Morgan fingerprint density at radius 1 is 1.22 bits per heavy atom. The van der Waals surface area contributed by atoms with E-state index in [1.807, 2.05) is 18.2 Å². The second-order valence-electron chi connectivity index (χ2n) is 7.81. The van der Waals surface area contributed by atoms with Gasteiger partial charge in [-0.3, -0.25) is 4.79 Å². The Hall–Kier alpha value is -2.39. The van der Waals surface area contributed by atoms with E-state index in [1.165, 1.54) is 7.11 Å². The van der Waals surface area contributed by atoms with E-state index in [0.29, 0.717) is 12.2 Å². The van der Waals surface area contributed by atoms with Crippen molar-refractivity contribution in [3.63, 3.8) is 0 Å². The third-order valence-electron chi connectivity index (χ3n) is 5.34. The fraction of sp³-hybridized carbons (Fsp3) is 0.391. The number of amides is 1. The van der Waals surface area contributed by atoms with Crippen LogP contribution in [0, 0.1) is 0 Å². The van der Waals surface area contributed by atoms with Crippen LogP contribution in [0.4, 0.5) is 0 Å². The topological polar surface area (TPSA) is 98.8 Å². The minimum atomic E-state index is -3.34. The minimum absolute atomic E-state index is 0.0867. The molecule has 7 nitrogen and oxygen atoms in total. The molecule has 1 aliphatic carbocycles. The Kier molecular flexibility index (Phi) is 7.95. The van der Waals surface area contributed by atoms with Crippen molar-refractivity contribution in [3.8, 4) is 5.75 Å². The van der Waals surface area contributed by atoms with Crippen molar-refractivity contribution in [3.05, 3.63) is 63.6 Å². The maximum atomic E-state index is 13.1. The highest BCUT2D eigenvalue weighted by Gasteiger charge is 2.30. The molecule has 32 heavy (non-hydrogen) atoms. The van der Waals surface area contributed by atoms with Crippen LogP contribution in [0.2, 0.25) is 0 Å². The molecule has 172 valence electrons. The summed E-state index contributed by atoms with van der Waals surface area (Å²) < 4.78 is 35.3. The lowest BCUT2D eigenvalue weighted by Crippen LogP contribution is -2.43. The standard InChI is InChI=1S/C23H26BrNO6S/c1-30-20-8-4-3-7-17(20)22(26)25-19(12-13-32(2,28)29)23(27)31-21-9-5-6-15-10-11-16(24)14-18(15)21/h3-4,7-8,10-11,14,19,21H,5-6,9,12-13H2,1-2H3,(H,25,26). The lowest BCUT2D eigenvalue weighted by molar-refractivity contribution is -0.152.